The first-order valence-electron chi connectivity index (χ1n) is 36.1. The number of aryl methyl sites for hydroxylation is 17. The Morgan fingerprint density at radius 2 is 0.725 bits per heavy atom. The highest BCUT2D eigenvalue weighted by atomic mass is 16.5. The Hall–Kier alpha value is -12.9. The molecule has 0 radical (unpaired) electrons. The Morgan fingerprint density at radius 3 is 1.08 bits per heavy atom. The van der Waals surface area contributed by atoms with Gasteiger partial charge in [0.25, 0.3) is 0 Å². The quantitative estimate of drug-likeness (QED) is 0.0632. The van der Waals surface area contributed by atoms with E-state index in [1.807, 2.05) is 140 Å². The van der Waals surface area contributed by atoms with Crippen LogP contribution in [0.15, 0.2) is 140 Å². The van der Waals surface area contributed by atoms with E-state index in [0.29, 0.717) is 5.82 Å². The summed E-state index contributed by atoms with van der Waals surface area (Å²) in [7, 11) is 0. The van der Waals surface area contributed by atoms with Crippen molar-refractivity contribution in [2.75, 3.05) is 6.61 Å². The molecule has 0 fully saturated rings. The summed E-state index contributed by atoms with van der Waals surface area (Å²) in [6.07, 6.45) is 4.80. The number of rotatable bonds is 11. The molecule has 0 saturated heterocycles. The van der Waals surface area contributed by atoms with Crippen molar-refractivity contribution in [1.29, 1.82) is 0 Å². The molecule has 0 amide bonds. The molecule has 0 aliphatic rings. The minimum atomic E-state index is -0.877. The smallest absolute Gasteiger partial charge is 0.141 e. The van der Waals surface area contributed by atoms with Gasteiger partial charge in [0.2, 0.25) is 0 Å². The summed E-state index contributed by atoms with van der Waals surface area (Å²) >= 11 is 0. The molecule has 548 valence electrons. The van der Waals surface area contributed by atoms with Gasteiger partial charge in [0, 0.05) is 109 Å². The summed E-state index contributed by atoms with van der Waals surface area (Å²) in [6, 6.07) is 35.4. The Labute approximate surface area is 627 Å². The lowest BCUT2D eigenvalue weighted by Crippen LogP contribution is -2.01. The molecule has 0 spiro atoms. The monoisotopic (exact) mass is 1450 g/mol. The third-order valence-corrected chi connectivity index (χ3v) is 20.3. The average molecular weight is 1450 g/mol. The Kier molecular flexibility index (Phi) is 18.9. The van der Waals surface area contributed by atoms with Gasteiger partial charge in [0.05, 0.1) is 83.6 Å². The molecule has 7 N–H and O–H groups in total. The van der Waals surface area contributed by atoms with Crippen molar-refractivity contribution in [2.24, 2.45) is 0 Å². The summed E-state index contributed by atoms with van der Waals surface area (Å²) < 4.78 is 21.6. The van der Waals surface area contributed by atoms with Crippen molar-refractivity contribution in [3.8, 4) is 89.0 Å². The van der Waals surface area contributed by atoms with Crippen LogP contribution in [0.2, 0.25) is 0 Å². The Morgan fingerprint density at radius 1 is 0.358 bits per heavy atom. The van der Waals surface area contributed by atoms with Crippen molar-refractivity contribution >= 4 is 65.9 Å². The van der Waals surface area contributed by atoms with Crippen LogP contribution in [-0.4, -0.2) is 102 Å². The van der Waals surface area contributed by atoms with Crippen molar-refractivity contribution in [2.45, 2.75) is 130 Å². The molecule has 0 saturated carbocycles. The number of benzene rings is 6. The lowest BCUT2D eigenvalue weighted by atomic mass is 9.92. The van der Waals surface area contributed by atoms with Gasteiger partial charge < -0.3 is 48.2 Å². The van der Waals surface area contributed by atoms with Crippen LogP contribution in [0.25, 0.3) is 155 Å². The van der Waals surface area contributed by atoms with E-state index in [1.165, 1.54) is 11.1 Å². The molecule has 0 bridgehead atoms. The topological polar surface area (TPSA) is 327 Å². The number of nitrogens with one attached hydrogen (secondary N) is 5. The van der Waals surface area contributed by atoms with Crippen LogP contribution in [0.4, 0.5) is 0 Å². The Bertz CT molecular complexity index is 6430. The highest BCUT2D eigenvalue weighted by molar-refractivity contribution is 6.08. The molecule has 0 aliphatic carbocycles. The number of aliphatic hydroxyl groups is 2. The van der Waals surface area contributed by atoms with Gasteiger partial charge in [0.15, 0.2) is 0 Å². The second kappa shape index (κ2) is 28.8. The van der Waals surface area contributed by atoms with E-state index in [9.17, 15) is 10.2 Å². The second-order valence-electron chi connectivity index (χ2n) is 28.1. The van der Waals surface area contributed by atoms with Gasteiger partial charge in [-0.2, -0.15) is 5.10 Å². The zero-order chi connectivity index (χ0) is 76.5. The summed E-state index contributed by atoms with van der Waals surface area (Å²) in [4.78, 5) is 45.9. The molecule has 23 heteroatoms. The number of hydrogen-bond acceptors (Lipinski definition) is 18. The van der Waals surface area contributed by atoms with Gasteiger partial charge in [-0.25, -0.2) is 19.9 Å². The van der Waals surface area contributed by atoms with Gasteiger partial charge in [-0.05, 0) is 247 Å². The van der Waals surface area contributed by atoms with Crippen molar-refractivity contribution in [3.05, 3.63) is 225 Å². The molecular weight excluding hydrogens is 1370 g/mol. The Balaban J connectivity index is 0.000000116. The molecule has 1 atom stereocenters. The molecule has 6 aromatic carbocycles. The minimum Gasteiger partial charge on any atom is -0.396 e. The molecule has 18 aromatic rings. The summed E-state index contributed by atoms with van der Waals surface area (Å²) in [6.45, 7) is 33.7. The first-order chi connectivity index (χ1) is 52.4. The third-order valence-electron chi connectivity index (χ3n) is 20.3. The van der Waals surface area contributed by atoms with E-state index in [1.54, 1.807) is 6.20 Å². The van der Waals surface area contributed by atoms with E-state index in [-0.39, 0.29) is 13.0 Å². The number of pyridine rings is 3. The zero-order valence-electron chi connectivity index (χ0n) is 63.9. The molecule has 12 aromatic heterocycles. The molecule has 18 rings (SSSR count). The molecule has 0 aliphatic heterocycles. The molecular formula is C86H83N17O6. The predicted octanol–water partition coefficient (Wildman–Crippen LogP) is 19.4. The van der Waals surface area contributed by atoms with Crippen LogP contribution in [0, 0.1) is 118 Å². The van der Waals surface area contributed by atoms with Crippen LogP contribution in [0.5, 0.6) is 0 Å². The van der Waals surface area contributed by atoms with Crippen LogP contribution in [0.3, 0.4) is 0 Å². The van der Waals surface area contributed by atoms with E-state index in [0.717, 1.165) is 241 Å². The maximum atomic E-state index is 10.5. The zero-order valence-corrected chi connectivity index (χ0v) is 63.9. The van der Waals surface area contributed by atoms with E-state index in [4.69, 9.17) is 33.0 Å². The largest absolute Gasteiger partial charge is 0.396 e. The van der Waals surface area contributed by atoms with Crippen LogP contribution in [-0.2, 0) is 0 Å². The number of aromatic nitrogens is 17. The van der Waals surface area contributed by atoms with E-state index in [2.05, 4.69) is 164 Å². The lowest BCUT2D eigenvalue weighted by molar-refractivity contribution is 0.127. The number of fused-ring (bicyclic) bond motifs is 6. The fraction of sp³-hybridized carbons (Fsp3) is 0.233. The van der Waals surface area contributed by atoms with Crippen LogP contribution >= 0.6 is 0 Å². The van der Waals surface area contributed by atoms with Crippen molar-refractivity contribution < 1.29 is 28.3 Å². The third kappa shape index (κ3) is 13.3. The molecule has 23 nitrogen and oxygen atoms in total. The first-order valence-corrected chi connectivity index (χ1v) is 36.1. The number of aliphatic hydroxyl groups excluding tert-OH is 2. The summed E-state index contributed by atoms with van der Waals surface area (Å²) in [5.41, 5.74) is 36.1. The maximum Gasteiger partial charge on any atom is 0.141 e. The molecule has 1 unspecified atom stereocenters. The van der Waals surface area contributed by atoms with Crippen molar-refractivity contribution in [1.82, 2.24) is 85.6 Å². The summed E-state index contributed by atoms with van der Waals surface area (Å²) in [5.74, 6) is 6.30. The van der Waals surface area contributed by atoms with Gasteiger partial charge in [-0.15, -0.1) is 0 Å². The molecule has 109 heavy (non-hydrogen) atoms. The van der Waals surface area contributed by atoms with Crippen LogP contribution in [0.1, 0.15) is 115 Å². The molecule has 12 heterocycles. The lowest BCUT2D eigenvalue weighted by Gasteiger charge is -2.13. The number of H-pyrrole nitrogens is 5. The predicted molar refractivity (Wildman–Crippen MR) is 426 cm³/mol. The van der Waals surface area contributed by atoms with Gasteiger partial charge in [-0.3, -0.25) is 20.1 Å². The number of hydrogen-bond donors (Lipinski definition) is 7. The van der Waals surface area contributed by atoms with Gasteiger partial charge in [0.1, 0.15) is 52.4 Å². The fourth-order valence-corrected chi connectivity index (χ4v) is 15.5. The summed E-state index contributed by atoms with van der Waals surface area (Å²) in [5, 5.41) is 45.7. The van der Waals surface area contributed by atoms with Crippen LogP contribution < -0.4 is 0 Å². The van der Waals surface area contributed by atoms with E-state index >= 15 is 0 Å². The maximum absolute atomic E-state index is 10.5. The van der Waals surface area contributed by atoms with Gasteiger partial charge >= 0.3 is 0 Å². The van der Waals surface area contributed by atoms with Crippen molar-refractivity contribution in [3.63, 3.8) is 0 Å². The highest BCUT2D eigenvalue weighted by Gasteiger charge is 2.26. The minimum absolute atomic E-state index is 0.122. The SMILES string of the molecule is Cc1ccc2ncccc2c1-c1cc(-c2c(C)noc2C)cc2[nH]c(C(O)CCO)nc12.Cc1nc2c(-c3c(C)ccc4ncccc34)cc(-c3c(C)noc3C)cc2[nH]1.Cc1nc2c(-c3c(C)ccnc3C)cc(-c3c(C)noc3C)cc2[nH]1.Cc1nc2c(-c3c(C)n[nH]c3C)cc(-c3c(C)noc3C)cc2[nH]1. The average Bonchev–Trinajstić information content (AvgIpc) is 1.71. The fourth-order valence-electron chi connectivity index (χ4n) is 15.5. The first kappa shape index (κ1) is 71.7. The number of nitrogens with zero attached hydrogens (tertiary/aromatic N) is 12. The normalized spacial score (nSPS) is 11.8. The van der Waals surface area contributed by atoms with Gasteiger partial charge in [-0.1, -0.05) is 44.9 Å². The highest BCUT2D eigenvalue weighted by Crippen LogP contribution is 2.45. The second-order valence-corrected chi connectivity index (χ2v) is 28.1. The number of aromatic amines is 5. The number of imidazole rings is 4. The standard InChI is InChI=1S/C25H24N4O3.C23H20N4O.C20H20N4O.C18H19N5O/c1-13-6-7-19-17(5-4-9-26-19)22(13)18-11-16(23-14(2)29-32-15(23)3)12-20-24(18)28-25(27-20)21(31)8-10-30;1-12-7-8-19-17(6-5-9-24-19)21(12)18-10-16(22-13(2)27-28-14(22)3)11-20-23(18)26-15(4)25-20;1-10-6-7-21-11(2)18(10)16-8-15(19-12(3)24-25-13(19)4)9-17-20(16)23-14(5)22-17;1-8-16(9(2)22-21-8)14-6-13(17-10(3)23-24-11(17)4)7-15-18(14)20-12(5)19-15/h4-7,9,11-12,21,30-31H,8,10H2,1-3H3,(H,27,28);5-11H,1-4H3,(H,25,26);6-9H,1-5H3,(H,22,23);6-7H,1-5H3,(H,19,20)(H,21,22). The van der Waals surface area contributed by atoms with E-state index < -0.39 is 6.10 Å².